The van der Waals surface area contributed by atoms with Crippen molar-refractivity contribution in [3.8, 4) is 5.75 Å². The molecule has 114 valence electrons. The highest BCUT2D eigenvalue weighted by molar-refractivity contribution is 5.95. The number of rotatable bonds is 5. The fourth-order valence-electron chi connectivity index (χ4n) is 2.98. The van der Waals surface area contributed by atoms with Gasteiger partial charge in [0.15, 0.2) is 0 Å². The molecule has 0 bridgehead atoms. The average molecular weight is 295 g/mol. The van der Waals surface area contributed by atoms with E-state index in [4.69, 9.17) is 4.74 Å². The zero-order valence-corrected chi connectivity index (χ0v) is 12.9. The molecule has 0 fully saturated rings. The van der Waals surface area contributed by atoms with E-state index in [1.54, 1.807) is 0 Å². The monoisotopic (exact) mass is 295 g/mol. The lowest BCUT2D eigenvalue weighted by atomic mass is 10.1. The van der Waals surface area contributed by atoms with Crippen molar-refractivity contribution < 1.29 is 9.53 Å². The van der Waals surface area contributed by atoms with Crippen molar-refractivity contribution in [3.63, 3.8) is 0 Å². The van der Waals surface area contributed by atoms with Crippen LogP contribution in [-0.4, -0.2) is 19.1 Å². The molecule has 0 atom stereocenters. The zero-order valence-electron chi connectivity index (χ0n) is 12.9. The average Bonchev–Trinajstić information content (AvgIpc) is 2.98. The molecule has 0 spiro atoms. The molecule has 1 aliphatic rings. The molecule has 3 rings (SSSR count). The molecule has 2 aromatic rings. The van der Waals surface area contributed by atoms with Gasteiger partial charge in [-0.15, -0.1) is 0 Å². The minimum absolute atomic E-state index is 0.191. The van der Waals surface area contributed by atoms with E-state index in [1.165, 1.54) is 5.56 Å². The minimum Gasteiger partial charge on any atom is -0.494 e. The van der Waals surface area contributed by atoms with Gasteiger partial charge in [-0.05, 0) is 43.0 Å². The highest BCUT2D eigenvalue weighted by atomic mass is 16.5. The summed E-state index contributed by atoms with van der Waals surface area (Å²) < 4.78 is 5.63. The smallest absolute Gasteiger partial charge is 0.227 e. The van der Waals surface area contributed by atoms with Crippen LogP contribution in [0.15, 0.2) is 48.5 Å². The van der Waals surface area contributed by atoms with Gasteiger partial charge in [-0.3, -0.25) is 4.79 Å². The summed E-state index contributed by atoms with van der Waals surface area (Å²) in [4.78, 5) is 14.5. The van der Waals surface area contributed by atoms with Crippen molar-refractivity contribution in [3.05, 3.63) is 59.7 Å². The standard InChI is InChI=1S/C19H21NO2/c1-2-22-18-10-6-4-8-16(18)11-12-19(21)20-14-13-15-7-3-5-9-17(15)20/h3-10H,2,11-14H2,1H3. The van der Waals surface area contributed by atoms with Gasteiger partial charge < -0.3 is 9.64 Å². The van der Waals surface area contributed by atoms with Gasteiger partial charge in [0, 0.05) is 18.7 Å². The predicted molar refractivity (Wildman–Crippen MR) is 88.4 cm³/mol. The minimum atomic E-state index is 0.191. The van der Waals surface area contributed by atoms with Crippen molar-refractivity contribution in [1.29, 1.82) is 0 Å². The predicted octanol–water partition coefficient (Wildman–Crippen LogP) is 3.61. The van der Waals surface area contributed by atoms with Crippen LogP contribution in [0.2, 0.25) is 0 Å². The Morgan fingerprint density at radius 2 is 1.91 bits per heavy atom. The summed E-state index contributed by atoms with van der Waals surface area (Å²) in [7, 11) is 0. The maximum atomic E-state index is 12.5. The lowest BCUT2D eigenvalue weighted by Crippen LogP contribution is -2.29. The Hall–Kier alpha value is -2.29. The Morgan fingerprint density at radius 3 is 2.77 bits per heavy atom. The summed E-state index contributed by atoms with van der Waals surface area (Å²) in [5.74, 6) is 1.08. The number of hydrogen-bond acceptors (Lipinski definition) is 2. The van der Waals surface area contributed by atoms with Crippen molar-refractivity contribution >= 4 is 11.6 Å². The van der Waals surface area contributed by atoms with E-state index in [0.717, 1.165) is 30.0 Å². The largest absolute Gasteiger partial charge is 0.494 e. The molecule has 0 saturated carbocycles. The quantitative estimate of drug-likeness (QED) is 0.843. The van der Waals surface area contributed by atoms with Gasteiger partial charge in [0.2, 0.25) is 5.91 Å². The van der Waals surface area contributed by atoms with E-state index < -0.39 is 0 Å². The highest BCUT2D eigenvalue weighted by Gasteiger charge is 2.23. The van der Waals surface area contributed by atoms with Gasteiger partial charge in [-0.2, -0.15) is 0 Å². The Morgan fingerprint density at radius 1 is 1.14 bits per heavy atom. The molecule has 0 unspecified atom stereocenters. The molecule has 0 aliphatic carbocycles. The van der Waals surface area contributed by atoms with Crippen LogP contribution in [0, 0.1) is 0 Å². The highest BCUT2D eigenvalue weighted by Crippen LogP contribution is 2.28. The Labute approximate surface area is 131 Å². The second-order valence-electron chi connectivity index (χ2n) is 5.46. The van der Waals surface area contributed by atoms with Gasteiger partial charge in [0.05, 0.1) is 6.61 Å². The molecular formula is C19H21NO2. The summed E-state index contributed by atoms with van der Waals surface area (Å²) in [6.45, 7) is 3.42. The molecule has 2 aromatic carbocycles. The first kappa shape index (κ1) is 14.6. The number of carbonyl (C=O) groups excluding carboxylic acids is 1. The van der Waals surface area contributed by atoms with Gasteiger partial charge in [0.1, 0.15) is 5.75 Å². The molecule has 0 aromatic heterocycles. The molecule has 3 heteroatoms. The molecule has 1 heterocycles. The number of hydrogen-bond donors (Lipinski definition) is 0. The van der Waals surface area contributed by atoms with Crippen LogP contribution in [0.1, 0.15) is 24.5 Å². The van der Waals surface area contributed by atoms with Crippen molar-refractivity contribution in [1.82, 2.24) is 0 Å². The third kappa shape index (κ3) is 2.98. The van der Waals surface area contributed by atoms with Gasteiger partial charge in [-0.25, -0.2) is 0 Å². The van der Waals surface area contributed by atoms with Gasteiger partial charge in [-0.1, -0.05) is 36.4 Å². The fourth-order valence-corrected chi connectivity index (χ4v) is 2.98. The number of fused-ring (bicyclic) bond motifs is 1. The van der Waals surface area contributed by atoms with Crippen molar-refractivity contribution in [2.75, 3.05) is 18.1 Å². The lowest BCUT2D eigenvalue weighted by molar-refractivity contribution is -0.118. The van der Waals surface area contributed by atoms with Crippen LogP contribution >= 0.6 is 0 Å². The van der Waals surface area contributed by atoms with Crippen molar-refractivity contribution in [2.24, 2.45) is 0 Å². The van der Waals surface area contributed by atoms with E-state index in [-0.39, 0.29) is 5.91 Å². The first-order chi connectivity index (χ1) is 10.8. The molecule has 22 heavy (non-hydrogen) atoms. The number of nitrogens with zero attached hydrogens (tertiary/aromatic N) is 1. The summed E-state index contributed by atoms with van der Waals surface area (Å²) >= 11 is 0. The Kier molecular flexibility index (Phi) is 4.42. The molecule has 1 aliphatic heterocycles. The maximum Gasteiger partial charge on any atom is 0.227 e. The van der Waals surface area contributed by atoms with E-state index >= 15 is 0 Å². The molecule has 0 saturated heterocycles. The van der Waals surface area contributed by atoms with E-state index in [2.05, 4.69) is 6.07 Å². The van der Waals surface area contributed by atoms with Gasteiger partial charge in [0.25, 0.3) is 0 Å². The Bertz CT molecular complexity index is 666. The van der Waals surface area contributed by atoms with Crippen LogP contribution in [0.5, 0.6) is 5.75 Å². The number of ether oxygens (including phenoxy) is 1. The topological polar surface area (TPSA) is 29.5 Å². The number of carbonyl (C=O) groups is 1. The number of anilines is 1. The molecule has 0 radical (unpaired) electrons. The van der Waals surface area contributed by atoms with Gasteiger partial charge >= 0.3 is 0 Å². The normalized spacial score (nSPS) is 13.0. The number of para-hydroxylation sites is 2. The van der Waals surface area contributed by atoms with Crippen LogP contribution in [0.3, 0.4) is 0 Å². The second-order valence-corrected chi connectivity index (χ2v) is 5.46. The van der Waals surface area contributed by atoms with Crippen LogP contribution in [0.25, 0.3) is 0 Å². The SMILES string of the molecule is CCOc1ccccc1CCC(=O)N1CCc2ccccc21. The third-order valence-electron chi connectivity index (χ3n) is 4.07. The molecular weight excluding hydrogens is 274 g/mol. The molecule has 0 N–H and O–H groups in total. The summed E-state index contributed by atoms with van der Waals surface area (Å²) in [5, 5.41) is 0. The van der Waals surface area contributed by atoms with E-state index in [9.17, 15) is 4.79 Å². The first-order valence-electron chi connectivity index (χ1n) is 7.88. The molecule has 1 amide bonds. The summed E-state index contributed by atoms with van der Waals surface area (Å²) in [6, 6.07) is 16.1. The fraction of sp³-hybridized carbons (Fsp3) is 0.316. The second kappa shape index (κ2) is 6.65. The zero-order chi connectivity index (χ0) is 15.4. The molecule has 3 nitrogen and oxygen atoms in total. The number of amides is 1. The summed E-state index contributed by atoms with van der Waals surface area (Å²) in [6.07, 6.45) is 2.18. The first-order valence-corrected chi connectivity index (χ1v) is 7.88. The van der Waals surface area contributed by atoms with E-state index in [1.807, 2.05) is 54.3 Å². The summed E-state index contributed by atoms with van der Waals surface area (Å²) in [5.41, 5.74) is 3.45. The number of aryl methyl sites for hydroxylation is 1. The maximum absolute atomic E-state index is 12.5. The van der Waals surface area contributed by atoms with E-state index in [0.29, 0.717) is 19.4 Å². The van der Waals surface area contributed by atoms with Crippen LogP contribution in [-0.2, 0) is 17.6 Å². The van der Waals surface area contributed by atoms with Crippen LogP contribution < -0.4 is 9.64 Å². The lowest BCUT2D eigenvalue weighted by Gasteiger charge is -2.17. The Balaban J connectivity index is 1.67. The van der Waals surface area contributed by atoms with Crippen LogP contribution in [0.4, 0.5) is 5.69 Å². The third-order valence-corrected chi connectivity index (χ3v) is 4.07. The van der Waals surface area contributed by atoms with Crippen molar-refractivity contribution in [2.45, 2.75) is 26.2 Å². The number of benzene rings is 2.